The number of primary amides is 1. The maximum absolute atomic E-state index is 14.9. The number of aryl methyl sites for hydroxylation is 1. The van der Waals surface area contributed by atoms with E-state index < -0.39 is 28.5 Å². The fourth-order valence-electron chi connectivity index (χ4n) is 6.09. The number of pyridine rings is 2. The Morgan fingerprint density at radius 1 is 1.20 bits per heavy atom. The van der Waals surface area contributed by atoms with E-state index in [1.807, 2.05) is 0 Å². The number of aromatic nitrogens is 2. The second-order valence-corrected chi connectivity index (χ2v) is 13.9. The third-order valence-corrected chi connectivity index (χ3v) is 10.2. The molecule has 7 rings (SSSR count). The SMILES string of the molecule is Cc1nccc(-c2nc([C@@](C=O)(CNC(=O)c3cc(C=NC4CC4)c(N)c(OC4CC4)c3)c3cccc(F)c3)cc3c2OC[C@]3(C)C(N)=O)c1Cl. The third kappa shape index (κ3) is 6.40. The smallest absolute Gasteiger partial charge is 0.251 e. The highest BCUT2D eigenvalue weighted by molar-refractivity contribution is 6.34. The molecular weight excluding hydrogens is 675 g/mol. The molecule has 2 aliphatic carbocycles. The van der Waals surface area contributed by atoms with E-state index in [1.165, 1.54) is 18.2 Å². The predicted octanol–water partition coefficient (Wildman–Crippen LogP) is 5.00. The molecule has 0 bridgehead atoms. The van der Waals surface area contributed by atoms with Gasteiger partial charge in [0.2, 0.25) is 5.91 Å². The van der Waals surface area contributed by atoms with E-state index in [1.54, 1.807) is 56.6 Å². The molecule has 0 spiro atoms. The Morgan fingerprint density at radius 2 is 1.98 bits per heavy atom. The summed E-state index contributed by atoms with van der Waals surface area (Å²) in [7, 11) is 0. The lowest BCUT2D eigenvalue weighted by Gasteiger charge is -2.30. The number of carbonyl (C=O) groups is 3. The largest absolute Gasteiger partial charge is 0.489 e. The second-order valence-electron chi connectivity index (χ2n) is 13.6. The minimum absolute atomic E-state index is 0.0161. The first kappa shape index (κ1) is 34.1. The van der Waals surface area contributed by atoms with E-state index in [0.29, 0.717) is 40.1 Å². The Labute approximate surface area is 298 Å². The Kier molecular flexibility index (Phi) is 8.74. The van der Waals surface area contributed by atoms with E-state index in [-0.39, 0.29) is 58.6 Å². The number of fused-ring (bicyclic) bond motifs is 1. The number of aliphatic imine (C=N–C) groups is 1. The van der Waals surface area contributed by atoms with Gasteiger partial charge in [0, 0.05) is 41.2 Å². The number of amides is 2. The van der Waals surface area contributed by atoms with E-state index in [2.05, 4.69) is 15.3 Å². The van der Waals surface area contributed by atoms with Gasteiger partial charge in [-0.2, -0.15) is 0 Å². The Morgan fingerprint density at radius 3 is 2.67 bits per heavy atom. The van der Waals surface area contributed by atoms with Gasteiger partial charge in [-0.25, -0.2) is 9.37 Å². The van der Waals surface area contributed by atoms with Gasteiger partial charge >= 0.3 is 0 Å². The van der Waals surface area contributed by atoms with E-state index >= 15 is 0 Å². The van der Waals surface area contributed by atoms with Gasteiger partial charge in [0.1, 0.15) is 46.7 Å². The normalized spacial score (nSPS) is 19.2. The molecule has 2 aromatic carbocycles. The zero-order chi connectivity index (χ0) is 36.1. The van der Waals surface area contributed by atoms with Gasteiger partial charge in [-0.1, -0.05) is 23.7 Å². The molecule has 2 atom stereocenters. The molecule has 11 nitrogen and oxygen atoms in total. The lowest BCUT2D eigenvalue weighted by atomic mass is 9.75. The predicted molar refractivity (Wildman–Crippen MR) is 190 cm³/mol. The molecule has 262 valence electrons. The molecular formula is C38H36ClFN6O5. The van der Waals surface area contributed by atoms with Crippen LogP contribution < -0.4 is 26.3 Å². The van der Waals surface area contributed by atoms with Crippen LogP contribution in [0.5, 0.6) is 11.5 Å². The first-order valence-electron chi connectivity index (χ1n) is 16.7. The number of ether oxygens (including phenoxy) is 2. The number of hydrogen-bond donors (Lipinski definition) is 3. The monoisotopic (exact) mass is 710 g/mol. The highest BCUT2D eigenvalue weighted by Gasteiger charge is 2.47. The van der Waals surface area contributed by atoms with Crippen molar-refractivity contribution in [2.45, 2.75) is 62.5 Å². The minimum atomic E-state index is -1.77. The summed E-state index contributed by atoms with van der Waals surface area (Å²) in [4.78, 5) is 54.2. The van der Waals surface area contributed by atoms with Crippen molar-refractivity contribution in [2.24, 2.45) is 10.7 Å². The third-order valence-electron chi connectivity index (χ3n) is 9.69. The molecule has 51 heavy (non-hydrogen) atoms. The average molecular weight is 711 g/mol. The van der Waals surface area contributed by atoms with Crippen molar-refractivity contribution in [1.29, 1.82) is 0 Å². The van der Waals surface area contributed by atoms with Crippen LogP contribution in [0.25, 0.3) is 11.3 Å². The van der Waals surface area contributed by atoms with Crippen molar-refractivity contribution in [1.82, 2.24) is 15.3 Å². The number of nitrogens with zero attached hydrogens (tertiary/aromatic N) is 3. The van der Waals surface area contributed by atoms with Crippen LogP contribution in [0.2, 0.25) is 5.02 Å². The summed E-state index contributed by atoms with van der Waals surface area (Å²) in [5, 5.41) is 3.17. The molecule has 2 aromatic heterocycles. The Bertz CT molecular complexity index is 2120. The molecule has 13 heteroatoms. The van der Waals surface area contributed by atoms with Gasteiger partial charge < -0.3 is 31.1 Å². The number of carbonyl (C=O) groups excluding carboxylic acids is 3. The first-order valence-corrected chi connectivity index (χ1v) is 17.1. The maximum atomic E-state index is 14.9. The quantitative estimate of drug-likeness (QED) is 0.105. The molecule has 2 fully saturated rings. The summed E-state index contributed by atoms with van der Waals surface area (Å²) in [5.41, 5.74) is 12.3. The van der Waals surface area contributed by atoms with Crippen LogP contribution in [-0.2, 0) is 20.4 Å². The molecule has 0 saturated heterocycles. The summed E-state index contributed by atoms with van der Waals surface area (Å²) < 4.78 is 27.0. The van der Waals surface area contributed by atoms with Crippen LogP contribution in [0.3, 0.4) is 0 Å². The van der Waals surface area contributed by atoms with E-state index in [9.17, 15) is 18.8 Å². The lowest BCUT2D eigenvalue weighted by molar-refractivity contribution is -0.123. The van der Waals surface area contributed by atoms with Crippen molar-refractivity contribution in [3.63, 3.8) is 0 Å². The number of nitrogens with two attached hydrogens (primary N) is 2. The topological polar surface area (TPSA) is 172 Å². The number of rotatable bonds is 12. The molecule has 2 saturated carbocycles. The number of halogens is 2. The summed E-state index contributed by atoms with van der Waals surface area (Å²) in [6.45, 7) is 2.92. The number of anilines is 1. The zero-order valence-corrected chi connectivity index (χ0v) is 28.8. The van der Waals surface area contributed by atoms with E-state index in [4.69, 9.17) is 37.5 Å². The van der Waals surface area contributed by atoms with Crippen LogP contribution in [0, 0.1) is 12.7 Å². The number of benzene rings is 2. The van der Waals surface area contributed by atoms with Gasteiger partial charge in [0.25, 0.3) is 5.91 Å². The fraction of sp³-hybridized carbons (Fsp3) is 0.316. The Balaban J connectivity index is 1.35. The van der Waals surface area contributed by atoms with Crippen LogP contribution >= 0.6 is 11.6 Å². The number of hydrogen-bond acceptors (Lipinski definition) is 9. The van der Waals surface area contributed by atoms with Crippen molar-refractivity contribution >= 4 is 41.6 Å². The molecule has 1 aliphatic heterocycles. The van der Waals surface area contributed by atoms with Gasteiger partial charge in [-0.15, -0.1) is 0 Å². The lowest BCUT2D eigenvalue weighted by Crippen LogP contribution is -2.44. The summed E-state index contributed by atoms with van der Waals surface area (Å²) >= 11 is 6.73. The number of nitrogen functional groups attached to an aromatic ring is 1. The molecule has 2 amide bonds. The van der Waals surface area contributed by atoms with Gasteiger partial charge in [-0.3, -0.25) is 19.6 Å². The highest BCUT2D eigenvalue weighted by atomic mass is 35.5. The fourth-order valence-corrected chi connectivity index (χ4v) is 6.29. The van der Waals surface area contributed by atoms with Gasteiger partial charge in [-0.05, 0) is 81.5 Å². The van der Waals surface area contributed by atoms with E-state index in [0.717, 1.165) is 25.7 Å². The molecule has 0 radical (unpaired) electrons. The van der Waals surface area contributed by atoms with Gasteiger partial charge in [0.05, 0.1) is 34.2 Å². The van der Waals surface area contributed by atoms with Crippen LogP contribution in [0.1, 0.15) is 71.0 Å². The summed E-state index contributed by atoms with van der Waals surface area (Å²) in [6.07, 6.45) is 7.59. The highest BCUT2D eigenvalue weighted by Crippen LogP contribution is 2.48. The van der Waals surface area contributed by atoms with Crippen molar-refractivity contribution in [3.05, 3.63) is 99.2 Å². The maximum Gasteiger partial charge on any atom is 0.251 e. The Hall–Kier alpha value is -5.36. The standard InChI is InChI=1S/C38H36ClFN6O5/c1-20-31(39)27(10-11-43-20)33-34-28(37(2,19-50-34)36(42)49)15-30(46-33)38(18-47,23-4-3-5-24(40)14-23)17-45-35(48)21-12-22(16-44-25-6-7-25)32(41)29(13-21)51-26-8-9-26/h3-5,10-16,18,25-26H,6-9,17,19,41H2,1-2H3,(H2,42,49)(H,45,48)/t37-,38+/m0/s1. The minimum Gasteiger partial charge on any atom is -0.489 e. The van der Waals surface area contributed by atoms with Crippen molar-refractivity contribution in [2.75, 3.05) is 18.9 Å². The zero-order valence-electron chi connectivity index (χ0n) is 28.0. The van der Waals surface area contributed by atoms with Crippen molar-refractivity contribution < 1.29 is 28.2 Å². The summed E-state index contributed by atoms with van der Waals surface area (Å²) in [6, 6.07) is 12.1. The summed E-state index contributed by atoms with van der Waals surface area (Å²) in [5.74, 6) is -1.18. The molecule has 5 N–H and O–H groups in total. The molecule has 4 aromatic rings. The first-order chi connectivity index (χ1) is 24.4. The number of nitrogens with one attached hydrogen (secondary N) is 1. The van der Waals surface area contributed by atoms with Crippen LogP contribution in [-0.4, -0.2) is 59.6 Å². The van der Waals surface area contributed by atoms with Gasteiger partial charge in [0.15, 0.2) is 0 Å². The molecule has 3 aliphatic rings. The molecule has 0 unspecified atom stereocenters. The van der Waals surface area contributed by atoms with Crippen LogP contribution in [0.15, 0.2) is 59.7 Å². The second kappa shape index (κ2) is 13.1. The van der Waals surface area contributed by atoms with Crippen molar-refractivity contribution in [3.8, 4) is 22.8 Å². The molecule has 3 heterocycles. The average Bonchev–Trinajstić information content (AvgIpc) is 4.06. The van der Waals surface area contributed by atoms with Crippen LogP contribution in [0.4, 0.5) is 10.1 Å². The number of aldehydes is 1.